The molecule has 0 aliphatic carbocycles. The Hall–Kier alpha value is -4.26. The van der Waals surface area contributed by atoms with Crippen molar-refractivity contribution in [2.75, 3.05) is 13.2 Å². The number of ether oxygens (including phenoxy) is 1. The Morgan fingerprint density at radius 1 is 0.906 bits per heavy atom. The highest BCUT2D eigenvalue weighted by molar-refractivity contribution is 5.92. The van der Waals surface area contributed by atoms with Crippen LogP contribution in [0.2, 0.25) is 0 Å². The second-order valence-corrected chi connectivity index (χ2v) is 6.91. The molecule has 0 atom stereocenters. The van der Waals surface area contributed by atoms with Gasteiger partial charge in [0.1, 0.15) is 23.9 Å². The molecule has 0 spiro atoms. The van der Waals surface area contributed by atoms with E-state index in [0.717, 1.165) is 21.6 Å². The molecule has 0 fully saturated rings. The maximum atomic E-state index is 13.1. The van der Waals surface area contributed by atoms with Crippen molar-refractivity contribution in [3.63, 3.8) is 0 Å². The Balaban J connectivity index is 1.39. The molecule has 160 valence electrons. The maximum absolute atomic E-state index is 13.1. The van der Waals surface area contributed by atoms with Gasteiger partial charge >= 0.3 is 0 Å². The molecule has 1 amide bonds. The number of carbonyl (C=O) groups is 1. The normalized spacial score (nSPS) is 10.5. The molecule has 7 heteroatoms. The van der Waals surface area contributed by atoms with E-state index in [0.29, 0.717) is 5.69 Å². The first-order valence-electron chi connectivity index (χ1n) is 10.0. The molecule has 3 aromatic carbocycles. The number of aromatic nitrogens is 2. The van der Waals surface area contributed by atoms with Gasteiger partial charge in [-0.15, -0.1) is 0 Å². The van der Waals surface area contributed by atoms with Crippen LogP contribution >= 0.6 is 0 Å². The number of carbonyl (C=O) groups excluding carboxylic acids is 1. The summed E-state index contributed by atoms with van der Waals surface area (Å²) in [6, 6.07) is 25.5. The molecule has 1 aromatic heterocycles. The third-order valence-electron chi connectivity index (χ3n) is 4.72. The lowest BCUT2D eigenvalue weighted by atomic mass is 10.1. The van der Waals surface area contributed by atoms with Crippen LogP contribution in [0.4, 0.5) is 4.39 Å². The zero-order valence-corrected chi connectivity index (χ0v) is 17.1. The van der Waals surface area contributed by atoms with Gasteiger partial charge in [-0.05, 0) is 42.0 Å². The molecule has 1 N–H and O–H groups in total. The van der Waals surface area contributed by atoms with Crippen molar-refractivity contribution in [3.05, 3.63) is 113 Å². The fraction of sp³-hybridized carbons (Fsp3) is 0.0800. The minimum absolute atomic E-state index is 0.0682. The highest BCUT2D eigenvalue weighted by Crippen LogP contribution is 2.29. The van der Waals surface area contributed by atoms with Crippen LogP contribution in [0.25, 0.3) is 16.8 Å². The van der Waals surface area contributed by atoms with Crippen molar-refractivity contribution in [3.8, 4) is 22.6 Å². The summed E-state index contributed by atoms with van der Waals surface area (Å²) in [7, 11) is 0. The number of halogens is 1. The molecule has 0 aliphatic rings. The minimum atomic E-state index is -0.444. The zero-order valence-electron chi connectivity index (χ0n) is 17.1. The largest absolute Gasteiger partial charge is 0.491 e. The van der Waals surface area contributed by atoms with Crippen LogP contribution in [-0.4, -0.2) is 28.8 Å². The summed E-state index contributed by atoms with van der Waals surface area (Å²) in [5.74, 6) is -0.152. The van der Waals surface area contributed by atoms with E-state index in [-0.39, 0.29) is 18.8 Å². The standard InChI is InChI=1S/C25H20FN3O3/c26-19-10-12-20(13-11-19)29-24(30)15-14-22(28-29)25(31)27-16-17-32-23-9-5-4-8-21(23)18-6-2-1-3-7-18/h1-15H,16-17H2,(H,27,31). The second kappa shape index (κ2) is 9.70. The van der Waals surface area contributed by atoms with Crippen LogP contribution in [0.15, 0.2) is 95.8 Å². The van der Waals surface area contributed by atoms with Crippen molar-refractivity contribution in [1.82, 2.24) is 15.1 Å². The topological polar surface area (TPSA) is 73.2 Å². The molecular formula is C25H20FN3O3. The lowest BCUT2D eigenvalue weighted by molar-refractivity contribution is 0.0940. The van der Waals surface area contributed by atoms with Gasteiger partial charge in [-0.2, -0.15) is 9.78 Å². The maximum Gasteiger partial charge on any atom is 0.271 e. The molecule has 1 heterocycles. The van der Waals surface area contributed by atoms with Gasteiger partial charge in [0.25, 0.3) is 11.5 Å². The molecule has 0 aliphatic heterocycles. The molecule has 0 bridgehead atoms. The fourth-order valence-corrected chi connectivity index (χ4v) is 3.16. The smallest absolute Gasteiger partial charge is 0.271 e. The molecule has 4 rings (SSSR count). The summed E-state index contributed by atoms with van der Waals surface area (Å²) in [6.07, 6.45) is 0. The van der Waals surface area contributed by atoms with Gasteiger partial charge in [-0.1, -0.05) is 48.5 Å². The molecule has 0 radical (unpaired) electrons. The van der Waals surface area contributed by atoms with Crippen LogP contribution in [0, 0.1) is 5.82 Å². The first-order valence-corrected chi connectivity index (χ1v) is 10.0. The van der Waals surface area contributed by atoms with Crippen LogP contribution in [-0.2, 0) is 0 Å². The molecular weight excluding hydrogens is 409 g/mol. The van der Waals surface area contributed by atoms with Crippen LogP contribution in [0.3, 0.4) is 0 Å². The highest BCUT2D eigenvalue weighted by atomic mass is 19.1. The number of benzene rings is 3. The predicted molar refractivity (Wildman–Crippen MR) is 119 cm³/mol. The first-order chi connectivity index (χ1) is 15.6. The monoisotopic (exact) mass is 429 g/mol. The predicted octanol–water partition coefficient (Wildman–Crippen LogP) is 3.85. The van der Waals surface area contributed by atoms with Crippen LogP contribution in [0.5, 0.6) is 5.75 Å². The van der Waals surface area contributed by atoms with Crippen molar-refractivity contribution in [2.45, 2.75) is 0 Å². The molecule has 0 saturated carbocycles. The lowest BCUT2D eigenvalue weighted by Crippen LogP contribution is -2.31. The van der Waals surface area contributed by atoms with Crippen molar-refractivity contribution < 1.29 is 13.9 Å². The summed E-state index contributed by atoms with van der Waals surface area (Å²) in [6.45, 7) is 0.506. The quantitative estimate of drug-likeness (QED) is 0.453. The number of hydrogen-bond donors (Lipinski definition) is 1. The Morgan fingerprint density at radius 3 is 2.41 bits per heavy atom. The number of para-hydroxylation sites is 1. The zero-order chi connectivity index (χ0) is 22.3. The van der Waals surface area contributed by atoms with E-state index in [1.165, 1.54) is 36.4 Å². The van der Waals surface area contributed by atoms with Crippen molar-refractivity contribution in [2.24, 2.45) is 0 Å². The van der Waals surface area contributed by atoms with Crippen LogP contribution < -0.4 is 15.6 Å². The van der Waals surface area contributed by atoms with E-state index in [9.17, 15) is 14.0 Å². The first kappa shape index (κ1) is 21.0. The number of hydrogen-bond acceptors (Lipinski definition) is 4. The van der Waals surface area contributed by atoms with E-state index in [1.807, 2.05) is 54.6 Å². The fourth-order valence-electron chi connectivity index (χ4n) is 3.16. The van der Waals surface area contributed by atoms with E-state index >= 15 is 0 Å². The summed E-state index contributed by atoms with van der Waals surface area (Å²) in [5, 5.41) is 6.83. The Bertz CT molecular complexity index is 1270. The number of amides is 1. The third-order valence-corrected chi connectivity index (χ3v) is 4.72. The van der Waals surface area contributed by atoms with E-state index in [4.69, 9.17) is 4.74 Å². The van der Waals surface area contributed by atoms with Gasteiger partial charge in [0.2, 0.25) is 0 Å². The Labute approximate surface area is 183 Å². The summed E-state index contributed by atoms with van der Waals surface area (Å²) >= 11 is 0. The molecule has 0 unspecified atom stereocenters. The average molecular weight is 429 g/mol. The molecule has 6 nitrogen and oxygen atoms in total. The third kappa shape index (κ3) is 4.89. The van der Waals surface area contributed by atoms with E-state index in [2.05, 4.69) is 10.4 Å². The summed E-state index contributed by atoms with van der Waals surface area (Å²) < 4.78 is 20.1. The number of nitrogens with zero attached hydrogens (tertiary/aromatic N) is 2. The molecule has 0 saturated heterocycles. The highest BCUT2D eigenvalue weighted by Gasteiger charge is 2.11. The lowest BCUT2D eigenvalue weighted by Gasteiger charge is -2.12. The molecule has 4 aromatic rings. The van der Waals surface area contributed by atoms with Gasteiger partial charge in [-0.3, -0.25) is 9.59 Å². The van der Waals surface area contributed by atoms with Gasteiger partial charge in [0.15, 0.2) is 0 Å². The Kier molecular flexibility index (Phi) is 6.36. The second-order valence-electron chi connectivity index (χ2n) is 6.91. The number of nitrogens with one attached hydrogen (secondary N) is 1. The van der Waals surface area contributed by atoms with E-state index in [1.54, 1.807) is 0 Å². The van der Waals surface area contributed by atoms with Crippen molar-refractivity contribution in [1.29, 1.82) is 0 Å². The Morgan fingerprint density at radius 2 is 1.62 bits per heavy atom. The SMILES string of the molecule is O=C(NCCOc1ccccc1-c1ccccc1)c1ccc(=O)n(-c2ccc(F)cc2)n1. The van der Waals surface area contributed by atoms with E-state index < -0.39 is 17.3 Å². The summed E-state index contributed by atoms with van der Waals surface area (Å²) in [4.78, 5) is 24.6. The van der Waals surface area contributed by atoms with Crippen LogP contribution in [0.1, 0.15) is 10.5 Å². The average Bonchev–Trinajstić information content (AvgIpc) is 2.83. The molecule has 32 heavy (non-hydrogen) atoms. The van der Waals surface area contributed by atoms with Crippen molar-refractivity contribution >= 4 is 5.91 Å². The van der Waals surface area contributed by atoms with Gasteiger partial charge in [0, 0.05) is 11.6 Å². The van der Waals surface area contributed by atoms with Gasteiger partial charge in [0.05, 0.1) is 12.2 Å². The summed E-state index contributed by atoms with van der Waals surface area (Å²) in [5.41, 5.74) is 2.02. The minimum Gasteiger partial charge on any atom is -0.491 e. The number of rotatable bonds is 7. The van der Waals surface area contributed by atoms with Gasteiger partial charge < -0.3 is 10.1 Å². The van der Waals surface area contributed by atoms with Gasteiger partial charge in [-0.25, -0.2) is 4.39 Å².